The predicted octanol–water partition coefficient (Wildman–Crippen LogP) is 3.96. The van der Waals surface area contributed by atoms with E-state index < -0.39 is 0 Å². The van der Waals surface area contributed by atoms with Gasteiger partial charge in [0.25, 0.3) is 5.56 Å². The van der Waals surface area contributed by atoms with Crippen LogP contribution in [0.5, 0.6) is 0 Å². The fraction of sp³-hybridized carbons (Fsp3) is 0.333. The molecule has 0 fully saturated rings. The summed E-state index contributed by atoms with van der Waals surface area (Å²) < 4.78 is 1.66. The Morgan fingerprint density at radius 3 is 2.93 bits per heavy atom. The first-order valence-corrected chi connectivity index (χ1v) is 11.4. The molecule has 0 spiro atoms. The van der Waals surface area contributed by atoms with Crippen molar-refractivity contribution in [3.05, 3.63) is 50.6 Å². The van der Waals surface area contributed by atoms with Gasteiger partial charge in [-0.15, -0.1) is 11.3 Å². The standard InChI is InChI=1S/C21H20N4O2S2/c1-2-25-20(27)18-14-8-4-6-10-16(14)29-19(18)24-21(25)28-12-17(26)23-15-9-5-3-7-13(15)11-22/h3,5,7,9H,2,4,6,8,10,12H2,1H3,(H,23,26). The number of anilines is 1. The fourth-order valence-electron chi connectivity index (χ4n) is 3.61. The average molecular weight is 425 g/mol. The quantitative estimate of drug-likeness (QED) is 0.495. The Kier molecular flexibility index (Phi) is 5.69. The van der Waals surface area contributed by atoms with E-state index in [0.29, 0.717) is 23.0 Å². The third-order valence-corrected chi connectivity index (χ3v) is 7.17. The number of hydrogen-bond donors (Lipinski definition) is 1. The van der Waals surface area contributed by atoms with Crippen LogP contribution in [-0.2, 0) is 24.2 Å². The van der Waals surface area contributed by atoms with Crippen LogP contribution in [0.15, 0.2) is 34.2 Å². The highest BCUT2D eigenvalue weighted by Gasteiger charge is 2.22. The highest BCUT2D eigenvalue weighted by Crippen LogP contribution is 2.34. The minimum absolute atomic E-state index is 0.00497. The molecule has 0 atom stereocenters. The molecule has 0 radical (unpaired) electrons. The molecule has 148 valence electrons. The summed E-state index contributed by atoms with van der Waals surface area (Å²) in [7, 11) is 0. The lowest BCUT2D eigenvalue weighted by molar-refractivity contribution is -0.113. The van der Waals surface area contributed by atoms with Gasteiger partial charge in [-0.2, -0.15) is 5.26 Å². The summed E-state index contributed by atoms with van der Waals surface area (Å²) in [6.07, 6.45) is 4.24. The minimum atomic E-state index is -0.236. The van der Waals surface area contributed by atoms with Crippen LogP contribution in [0.25, 0.3) is 10.2 Å². The maximum Gasteiger partial charge on any atom is 0.263 e. The van der Waals surface area contributed by atoms with E-state index in [-0.39, 0.29) is 17.2 Å². The van der Waals surface area contributed by atoms with Gasteiger partial charge in [-0.25, -0.2) is 4.98 Å². The van der Waals surface area contributed by atoms with E-state index in [4.69, 9.17) is 10.2 Å². The van der Waals surface area contributed by atoms with Gasteiger partial charge in [-0.1, -0.05) is 23.9 Å². The van der Waals surface area contributed by atoms with E-state index in [1.165, 1.54) is 22.2 Å². The number of aromatic nitrogens is 2. The van der Waals surface area contributed by atoms with Crippen molar-refractivity contribution in [2.45, 2.75) is 44.3 Å². The second kappa shape index (κ2) is 8.39. The van der Waals surface area contributed by atoms with E-state index in [0.717, 1.165) is 35.9 Å². The molecule has 8 heteroatoms. The SMILES string of the molecule is CCn1c(SCC(=O)Nc2ccccc2C#N)nc2sc3c(c2c1=O)CCCC3. The number of thioether (sulfide) groups is 1. The molecular weight excluding hydrogens is 404 g/mol. The Bertz CT molecular complexity index is 1190. The van der Waals surface area contributed by atoms with E-state index in [9.17, 15) is 9.59 Å². The Morgan fingerprint density at radius 2 is 2.14 bits per heavy atom. The first-order chi connectivity index (χ1) is 14.1. The zero-order chi connectivity index (χ0) is 20.4. The Balaban J connectivity index is 1.58. The van der Waals surface area contributed by atoms with Crippen molar-refractivity contribution >= 4 is 44.9 Å². The maximum atomic E-state index is 13.1. The summed E-state index contributed by atoms with van der Waals surface area (Å²) >= 11 is 2.87. The van der Waals surface area contributed by atoms with Crippen LogP contribution in [0, 0.1) is 11.3 Å². The number of fused-ring (bicyclic) bond motifs is 3. The molecule has 0 aliphatic heterocycles. The van der Waals surface area contributed by atoms with Crippen molar-refractivity contribution in [1.29, 1.82) is 5.26 Å². The van der Waals surface area contributed by atoms with Crippen LogP contribution < -0.4 is 10.9 Å². The van der Waals surface area contributed by atoms with Gasteiger partial charge >= 0.3 is 0 Å². The molecule has 0 saturated heterocycles. The third-order valence-electron chi connectivity index (χ3n) is 5.01. The zero-order valence-corrected chi connectivity index (χ0v) is 17.7. The van der Waals surface area contributed by atoms with Gasteiger partial charge in [0.05, 0.1) is 22.4 Å². The van der Waals surface area contributed by atoms with Crippen LogP contribution in [0.1, 0.15) is 35.8 Å². The van der Waals surface area contributed by atoms with Crippen LogP contribution in [0.3, 0.4) is 0 Å². The molecule has 1 aliphatic rings. The molecule has 1 N–H and O–H groups in total. The largest absolute Gasteiger partial charge is 0.324 e. The summed E-state index contributed by atoms with van der Waals surface area (Å²) in [5, 5.41) is 13.2. The van der Waals surface area contributed by atoms with Crippen LogP contribution in [0.4, 0.5) is 5.69 Å². The van der Waals surface area contributed by atoms with Gasteiger partial charge in [0.2, 0.25) is 5.91 Å². The van der Waals surface area contributed by atoms with Crippen LogP contribution in [0.2, 0.25) is 0 Å². The van der Waals surface area contributed by atoms with Crippen LogP contribution >= 0.6 is 23.1 Å². The summed E-state index contributed by atoms with van der Waals surface area (Å²) in [5.74, 6) is -0.122. The van der Waals surface area contributed by atoms with E-state index >= 15 is 0 Å². The number of carbonyl (C=O) groups is 1. The third kappa shape index (κ3) is 3.80. The number of rotatable bonds is 5. The molecule has 3 aromatic rings. The maximum absolute atomic E-state index is 13.1. The number of nitriles is 1. The van der Waals surface area contributed by atoms with Crippen molar-refractivity contribution in [1.82, 2.24) is 9.55 Å². The average Bonchev–Trinajstić information content (AvgIpc) is 3.11. The second-order valence-corrected chi connectivity index (χ2v) is 8.86. The first-order valence-electron chi connectivity index (χ1n) is 9.59. The van der Waals surface area contributed by atoms with Crippen LogP contribution in [-0.4, -0.2) is 21.2 Å². The topological polar surface area (TPSA) is 87.8 Å². The summed E-state index contributed by atoms with van der Waals surface area (Å²) in [5.41, 5.74) is 2.08. The Hall–Kier alpha value is -2.63. The number of aryl methyl sites for hydroxylation is 2. The molecule has 1 amide bonds. The van der Waals surface area contributed by atoms with Gasteiger partial charge in [0.15, 0.2) is 5.16 Å². The lowest BCUT2D eigenvalue weighted by Crippen LogP contribution is -2.24. The van der Waals surface area contributed by atoms with E-state index in [1.54, 1.807) is 40.2 Å². The highest BCUT2D eigenvalue weighted by molar-refractivity contribution is 7.99. The summed E-state index contributed by atoms with van der Waals surface area (Å²) in [6, 6.07) is 8.95. The smallest absolute Gasteiger partial charge is 0.263 e. The monoisotopic (exact) mass is 424 g/mol. The number of benzene rings is 1. The van der Waals surface area contributed by atoms with E-state index in [2.05, 4.69) is 11.4 Å². The summed E-state index contributed by atoms with van der Waals surface area (Å²) in [4.78, 5) is 32.3. The van der Waals surface area contributed by atoms with Crippen molar-refractivity contribution in [3.8, 4) is 6.07 Å². The van der Waals surface area contributed by atoms with Gasteiger partial charge in [0.1, 0.15) is 10.9 Å². The molecule has 6 nitrogen and oxygen atoms in total. The van der Waals surface area contributed by atoms with Crippen molar-refractivity contribution in [2.24, 2.45) is 0 Å². The number of nitrogens with zero attached hydrogens (tertiary/aromatic N) is 3. The normalized spacial score (nSPS) is 13.1. The Morgan fingerprint density at radius 1 is 1.34 bits per heavy atom. The molecule has 4 rings (SSSR count). The van der Waals surface area contributed by atoms with Crippen molar-refractivity contribution in [2.75, 3.05) is 11.1 Å². The highest BCUT2D eigenvalue weighted by atomic mass is 32.2. The van der Waals surface area contributed by atoms with Gasteiger partial charge in [-0.05, 0) is 50.3 Å². The fourth-order valence-corrected chi connectivity index (χ4v) is 5.78. The number of nitrogens with one attached hydrogen (secondary N) is 1. The molecule has 29 heavy (non-hydrogen) atoms. The molecule has 2 aromatic heterocycles. The number of carbonyl (C=O) groups excluding carboxylic acids is 1. The molecular formula is C21H20N4O2S2. The number of hydrogen-bond acceptors (Lipinski definition) is 6. The first kappa shape index (κ1) is 19.7. The number of para-hydroxylation sites is 1. The minimum Gasteiger partial charge on any atom is -0.324 e. The van der Waals surface area contributed by atoms with Crippen molar-refractivity contribution in [3.63, 3.8) is 0 Å². The predicted molar refractivity (Wildman–Crippen MR) is 117 cm³/mol. The van der Waals surface area contributed by atoms with Gasteiger partial charge in [-0.3, -0.25) is 14.2 Å². The summed E-state index contributed by atoms with van der Waals surface area (Å²) in [6.45, 7) is 2.43. The second-order valence-electron chi connectivity index (χ2n) is 6.83. The Labute approximate surface area is 176 Å². The molecule has 0 unspecified atom stereocenters. The van der Waals surface area contributed by atoms with Gasteiger partial charge in [0, 0.05) is 11.4 Å². The zero-order valence-electron chi connectivity index (χ0n) is 16.0. The molecule has 0 saturated carbocycles. The molecule has 2 heterocycles. The number of amides is 1. The lowest BCUT2D eigenvalue weighted by Gasteiger charge is -2.12. The molecule has 1 aliphatic carbocycles. The lowest BCUT2D eigenvalue weighted by atomic mass is 9.97. The van der Waals surface area contributed by atoms with Gasteiger partial charge < -0.3 is 5.32 Å². The molecule has 1 aromatic carbocycles. The number of thiophene rings is 1. The van der Waals surface area contributed by atoms with E-state index in [1.807, 2.05) is 6.92 Å². The van der Waals surface area contributed by atoms with Crippen molar-refractivity contribution < 1.29 is 4.79 Å². The molecule has 0 bridgehead atoms.